The number of para-hydroxylation sites is 1. The monoisotopic (exact) mass is 737 g/mol. The Hall–Kier alpha value is -3.99. The van der Waals surface area contributed by atoms with E-state index in [9.17, 15) is 18.3 Å². The number of methoxy groups -OCH3 is 1. The van der Waals surface area contributed by atoms with Gasteiger partial charge in [-0.15, -0.1) is 0 Å². The zero-order valence-electron chi connectivity index (χ0n) is 30.9. The maximum atomic E-state index is 13.0. The molecule has 0 saturated carbocycles. The van der Waals surface area contributed by atoms with Gasteiger partial charge in [-0.3, -0.25) is 9.58 Å². The Morgan fingerprint density at radius 2 is 1.71 bits per heavy atom. The van der Waals surface area contributed by atoms with Crippen molar-refractivity contribution in [2.24, 2.45) is 7.05 Å². The van der Waals surface area contributed by atoms with E-state index in [1.165, 1.54) is 8.61 Å². The number of hydrogen-bond acceptors (Lipinski definition) is 9. The molecule has 6 rings (SSSR count). The molecule has 4 aromatic rings. The molecule has 2 aromatic carbocycles. The minimum Gasteiger partial charge on any atom is -0.487 e. The Morgan fingerprint density at radius 1 is 1.00 bits per heavy atom. The molecule has 0 unspecified atom stereocenters. The minimum absolute atomic E-state index is 0.254. The molecule has 0 spiro atoms. The zero-order valence-corrected chi connectivity index (χ0v) is 31.7. The van der Waals surface area contributed by atoms with Crippen LogP contribution in [-0.2, 0) is 46.3 Å². The number of aromatic nitrogens is 3. The van der Waals surface area contributed by atoms with Crippen molar-refractivity contribution in [2.75, 3.05) is 91.7 Å². The first-order chi connectivity index (χ1) is 25.0. The molecule has 52 heavy (non-hydrogen) atoms. The number of anilines is 1. The number of carboxylic acids is 1. The third-order valence-electron chi connectivity index (χ3n) is 10.1. The molecule has 0 bridgehead atoms. The Balaban J connectivity index is 1.28. The van der Waals surface area contributed by atoms with Crippen LogP contribution >= 0.6 is 0 Å². The van der Waals surface area contributed by atoms with Gasteiger partial charge in [0.25, 0.3) is 10.2 Å². The fourth-order valence-electron chi connectivity index (χ4n) is 7.40. The number of piperazine rings is 1. The molecule has 0 radical (unpaired) electrons. The quantitative estimate of drug-likeness (QED) is 0.181. The highest BCUT2D eigenvalue weighted by molar-refractivity contribution is 7.86. The van der Waals surface area contributed by atoms with Crippen molar-refractivity contribution in [1.29, 1.82) is 0 Å². The van der Waals surface area contributed by atoms with Crippen molar-refractivity contribution in [3.8, 4) is 16.9 Å². The number of fused-ring (bicyclic) bond motifs is 1. The van der Waals surface area contributed by atoms with Crippen molar-refractivity contribution in [3.05, 3.63) is 65.1 Å². The molecular formula is C37H51N7O7S. The SMILES string of the molecule is COCCCc1c(C(=O)O)n(CCN2CCOCC2)c2c(-c3c(C)nn(C)c3COc3ccc(N4CCN(S(=O)(=O)N(C)C)CC4)cc3)cccc12. The summed E-state index contributed by atoms with van der Waals surface area (Å²) in [4.78, 5) is 17.5. The first kappa shape index (κ1) is 37.8. The Kier molecular flexibility index (Phi) is 11.9. The van der Waals surface area contributed by atoms with E-state index in [0.717, 1.165) is 57.8 Å². The summed E-state index contributed by atoms with van der Waals surface area (Å²) in [5.41, 5.74) is 6.61. The molecule has 0 aliphatic carbocycles. The zero-order chi connectivity index (χ0) is 37.0. The molecule has 14 nitrogen and oxygen atoms in total. The van der Waals surface area contributed by atoms with Gasteiger partial charge in [-0.2, -0.15) is 22.1 Å². The van der Waals surface area contributed by atoms with E-state index in [4.69, 9.17) is 19.3 Å². The summed E-state index contributed by atoms with van der Waals surface area (Å²) in [6.07, 6.45) is 1.30. The molecule has 2 saturated heterocycles. The fraction of sp³-hybridized carbons (Fsp3) is 0.514. The number of carboxylic acid groups (broad SMARTS) is 1. The van der Waals surface area contributed by atoms with E-state index < -0.39 is 16.2 Å². The largest absolute Gasteiger partial charge is 0.487 e. The Bertz CT molecular complexity index is 1960. The van der Waals surface area contributed by atoms with Gasteiger partial charge < -0.3 is 28.8 Å². The van der Waals surface area contributed by atoms with E-state index in [1.807, 2.05) is 59.6 Å². The summed E-state index contributed by atoms with van der Waals surface area (Å²) in [5.74, 6) is -0.241. The molecule has 2 aliphatic rings. The molecule has 1 N–H and O–H groups in total. The second-order valence-electron chi connectivity index (χ2n) is 13.5. The van der Waals surface area contributed by atoms with Crippen molar-refractivity contribution in [2.45, 2.75) is 32.9 Å². The number of benzene rings is 2. The lowest BCUT2D eigenvalue weighted by Crippen LogP contribution is -2.51. The van der Waals surface area contributed by atoms with Crippen molar-refractivity contribution in [1.82, 2.24) is 27.9 Å². The number of nitrogens with zero attached hydrogens (tertiary/aromatic N) is 7. The Morgan fingerprint density at radius 3 is 2.37 bits per heavy atom. The molecule has 282 valence electrons. The van der Waals surface area contributed by atoms with Crippen LogP contribution in [0.2, 0.25) is 0 Å². The standard InChI is InChI=1S/C37H51N7O7S/c1-27-34(33(40(4)38-27)26-51-29-13-11-28(12-14-29)42-16-18-43(19-17-42)52(47,48)39(2)3)32-9-6-8-30-31(10-7-23-49-5)36(37(45)46)44(35(30)32)20-15-41-21-24-50-25-22-41/h6,8-9,11-14H,7,10,15-26H2,1-5H3,(H,45,46). The highest BCUT2D eigenvalue weighted by atomic mass is 32.2. The van der Waals surface area contributed by atoms with Crippen LogP contribution < -0.4 is 9.64 Å². The highest BCUT2D eigenvalue weighted by Crippen LogP contribution is 2.38. The van der Waals surface area contributed by atoms with Crippen molar-refractivity contribution in [3.63, 3.8) is 0 Å². The third kappa shape index (κ3) is 7.84. The molecule has 0 amide bonds. The van der Waals surface area contributed by atoms with Crippen LogP contribution in [0.1, 0.15) is 33.9 Å². The summed E-state index contributed by atoms with van der Waals surface area (Å²) < 4.78 is 49.0. The maximum Gasteiger partial charge on any atom is 0.352 e. The van der Waals surface area contributed by atoms with E-state index >= 15 is 0 Å². The van der Waals surface area contributed by atoms with Crippen LogP contribution in [0.4, 0.5) is 5.69 Å². The topological polar surface area (TPSA) is 135 Å². The second kappa shape index (κ2) is 16.4. The van der Waals surface area contributed by atoms with Gasteiger partial charge in [0.2, 0.25) is 0 Å². The summed E-state index contributed by atoms with van der Waals surface area (Å²) in [6, 6.07) is 14.0. The lowest BCUT2D eigenvalue weighted by Gasteiger charge is -2.36. The summed E-state index contributed by atoms with van der Waals surface area (Å²) in [7, 11) is 3.25. The summed E-state index contributed by atoms with van der Waals surface area (Å²) in [6.45, 7) is 9.04. The number of aromatic carboxylic acids is 1. The molecule has 2 fully saturated rings. The van der Waals surface area contributed by atoms with Gasteiger partial charge in [0, 0.05) is 109 Å². The van der Waals surface area contributed by atoms with Gasteiger partial charge >= 0.3 is 5.97 Å². The third-order valence-corrected chi connectivity index (χ3v) is 12.1. The summed E-state index contributed by atoms with van der Waals surface area (Å²) in [5, 5.41) is 16.4. The molecular weight excluding hydrogens is 687 g/mol. The van der Waals surface area contributed by atoms with Crippen LogP contribution in [0.3, 0.4) is 0 Å². The number of ether oxygens (including phenoxy) is 3. The predicted octanol–water partition coefficient (Wildman–Crippen LogP) is 3.47. The predicted molar refractivity (Wildman–Crippen MR) is 200 cm³/mol. The molecule has 4 heterocycles. The van der Waals surface area contributed by atoms with E-state index in [1.54, 1.807) is 21.2 Å². The van der Waals surface area contributed by atoms with Gasteiger partial charge in [0.15, 0.2) is 0 Å². The molecule has 0 atom stereocenters. The van der Waals surface area contributed by atoms with E-state index in [2.05, 4.69) is 15.9 Å². The van der Waals surface area contributed by atoms with E-state index in [-0.39, 0.29) is 6.61 Å². The van der Waals surface area contributed by atoms with Crippen LogP contribution in [0, 0.1) is 6.92 Å². The highest BCUT2D eigenvalue weighted by Gasteiger charge is 2.30. The van der Waals surface area contributed by atoms with Crippen LogP contribution in [0.25, 0.3) is 22.0 Å². The fourth-order valence-corrected chi connectivity index (χ4v) is 8.48. The van der Waals surface area contributed by atoms with Crippen LogP contribution in [0.15, 0.2) is 42.5 Å². The average Bonchev–Trinajstić information content (AvgIpc) is 3.62. The van der Waals surface area contributed by atoms with E-state index in [0.29, 0.717) is 83.4 Å². The summed E-state index contributed by atoms with van der Waals surface area (Å²) >= 11 is 0. The minimum atomic E-state index is -3.43. The Labute approximate surface area is 306 Å². The van der Waals surface area contributed by atoms with Gasteiger partial charge in [-0.25, -0.2) is 4.79 Å². The maximum absolute atomic E-state index is 13.0. The molecule has 2 aromatic heterocycles. The number of hydrogen-bond donors (Lipinski definition) is 1. The lowest BCUT2D eigenvalue weighted by molar-refractivity contribution is 0.0362. The first-order valence-electron chi connectivity index (χ1n) is 17.9. The smallest absolute Gasteiger partial charge is 0.352 e. The van der Waals surface area contributed by atoms with Gasteiger partial charge in [-0.05, 0) is 49.6 Å². The normalized spacial score (nSPS) is 16.3. The van der Waals surface area contributed by atoms with Gasteiger partial charge in [-0.1, -0.05) is 18.2 Å². The lowest BCUT2D eigenvalue weighted by atomic mass is 9.98. The van der Waals surface area contributed by atoms with Gasteiger partial charge in [0.05, 0.1) is 30.1 Å². The second-order valence-corrected chi connectivity index (χ2v) is 15.7. The first-order valence-corrected chi connectivity index (χ1v) is 19.3. The number of carbonyl (C=O) groups is 1. The van der Waals surface area contributed by atoms with Crippen LogP contribution in [-0.4, -0.2) is 134 Å². The van der Waals surface area contributed by atoms with Crippen molar-refractivity contribution >= 4 is 32.8 Å². The van der Waals surface area contributed by atoms with Crippen molar-refractivity contribution < 1.29 is 32.5 Å². The molecule has 15 heteroatoms. The van der Waals surface area contributed by atoms with Crippen LogP contribution in [0.5, 0.6) is 5.75 Å². The van der Waals surface area contributed by atoms with Gasteiger partial charge in [0.1, 0.15) is 18.1 Å². The number of aryl methyl sites for hydroxylation is 3. The average molecular weight is 738 g/mol. The number of morpholine rings is 1. The number of rotatable bonds is 15. The molecule has 2 aliphatic heterocycles.